The summed E-state index contributed by atoms with van der Waals surface area (Å²) in [6.07, 6.45) is 2.65. The molecule has 0 bridgehead atoms. The molecule has 5 rings (SSSR count). The summed E-state index contributed by atoms with van der Waals surface area (Å²) in [6.45, 7) is 0.331. The topological polar surface area (TPSA) is 118 Å². The molecule has 1 aliphatic heterocycles. The van der Waals surface area contributed by atoms with Gasteiger partial charge in [0, 0.05) is 41.6 Å². The predicted octanol–water partition coefficient (Wildman–Crippen LogP) is 5.54. The molecule has 0 saturated carbocycles. The molecule has 8 nitrogen and oxygen atoms in total. The number of nitrogens with one attached hydrogen (secondary N) is 1. The monoisotopic (exact) mass is 570 g/mol. The molecular weight excluding hydrogens is 540 g/mol. The van der Waals surface area contributed by atoms with E-state index in [1.54, 1.807) is 30.5 Å². The van der Waals surface area contributed by atoms with Crippen LogP contribution in [0.3, 0.4) is 0 Å². The lowest BCUT2D eigenvalue weighted by molar-refractivity contribution is -0.245. The third-order valence-electron chi connectivity index (χ3n) is 6.79. The van der Waals surface area contributed by atoms with Crippen molar-refractivity contribution in [3.63, 3.8) is 0 Å². The smallest absolute Gasteiger partial charge is 0.336 e. The number of hydrogen-bond acceptors (Lipinski definition) is 7. The molecule has 1 fully saturated rings. The van der Waals surface area contributed by atoms with Gasteiger partial charge in [-0.1, -0.05) is 60.7 Å². The molecule has 4 aromatic rings. The fourth-order valence-electron chi connectivity index (χ4n) is 4.55. The molecule has 3 unspecified atom stereocenters. The van der Waals surface area contributed by atoms with Gasteiger partial charge in [-0.2, -0.15) is 0 Å². The van der Waals surface area contributed by atoms with Gasteiger partial charge in [-0.15, -0.1) is 11.8 Å². The van der Waals surface area contributed by atoms with Gasteiger partial charge in [0.15, 0.2) is 6.29 Å². The second-order valence-corrected chi connectivity index (χ2v) is 10.7. The number of aliphatic hydroxyl groups excluding tert-OH is 1. The maximum atomic E-state index is 12.4. The second kappa shape index (κ2) is 13.6. The molecular formula is C32H30N2O6S. The van der Waals surface area contributed by atoms with E-state index in [0.29, 0.717) is 29.2 Å². The van der Waals surface area contributed by atoms with Crippen molar-refractivity contribution < 1.29 is 29.3 Å². The van der Waals surface area contributed by atoms with Crippen molar-refractivity contribution >= 4 is 23.6 Å². The number of carbonyl (C=O) groups is 2. The molecule has 0 aliphatic carbocycles. The summed E-state index contributed by atoms with van der Waals surface area (Å²) in [5, 5.41) is 21.9. The highest BCUT2D eigenvalue weighted by molar-refractivity contribution is 7.99. The molecule has 0 radical (unpaired) electrons. The summed E-state index contributed by atoms with van der Waals surface area (Å²) in [6, 6.07) is 25.8. The number of ether oxygens (including phenoxy) is 2. The number of carboxylic acid groups (broad SMARTS) is 1. The van der Waals surface area contributed by atoms with Gasteiger partial charge in [0.2, 0.25) is 0 Å². The number of nitrogens with zero attached hydrogens (tertiary/aromatic N) is 1. The Morgan fingerprint density at radius 3 is 2.34 bits per heavy atom. The standard InChI is InChI=1S/C32H30N2O6S/c35-19-22-9-11-23(12-10-22)28-16-26(20-41-29-6-2-1-5-27(29)31(37)38)39-32(40-28)24-13-7-21(8-14-24)17-34-30(36)25-4-3-15-33-18-25/h1-15,18,26,28,32,35H,16-17,19-20H2,(H,34,36)(H,37,38). The minimum Gasteiger partial charge on any atom is -0.478 e. The highest BCUT2D eigenvalue weighted by atomic mass is 32.2. The second-order valence-electron chi connectivity index (χ2n) is 9.63. The fraction of sp³-hybridized carbons (Fsp3) is 0.219. The van der Waals surface area contributed by atoms with Crippen molar-refractivity contribution in [1.82, 2.24) is 10.3 Å². The fourth-order valence-corrected chi connectivity index (χ4v) is 5.61. The molecule has 210 valence electrons. The Bertz CT molecular complexity index is 1460. The number of carbonyl (C=O) groups excluding carboxylic acids is 1. The van der Waals surface area contributed by atoms with Crippen LogP contribution in [0.25, 0.3) is 0 Å². The zero-order valence-electron chi connectivity index (χ0n) is 22.2. The van der Waals surface area contributed by atoms with Gasteiger partial charge in [0.1, 0.15) is 0 Å². The number of thioether (sulfide) groups is 1. The van der Waals surface area contributed by atoms with Gasteiger partial charge in [0.05, 0.1) is 29.9 Å². The minimum atomic E-state index is -0.961. The third kappa shape index (κ3) is 7.39. The quantitative estimate of drug-likeness (QED) is 0.213. The van der Waals surface area contributed by atoms with Crippen LogP contribution >= 0.6 is 11.8 Å². The van der Waals surface area contributed by atoms with Crippen molar-refractivity contribution in [1.29, 1.82) is 0 Å². The van der Waals surface area contributed by atoms with Crippen molar-refractivity contribution in [3.8, 4) is 0 Å². The molecule has 2 heterocycles. The largest absolute Gasteiger partial charge is 0.478 e. The van der Waals surface area contributed by atoms with E-state index < -0.39 is 12.3 Å². The van der Waals surface area contributed by atoms with E-state index in [0.717, 1.165) is 22.3 Å². The molecule has 3 aromatic carbocycles. The number of aliphatic hydroxyl groups is 1. The van der Waals surface area contributed by atoms with Gasteiger partial charge >= 0.3 is 5.97 Å². The van der Waals surface area contributed by atoms with Crippen molar-refractivity contribution in [3.05, 3.63) is 131 Å². The zero-order valence-corrected chi connectivity index (χ0v) is 23.0. The number of benzene rings is 3. The van der Waals surface area contributed by atoms with E-state index >= 15 is 0 Å². The Balaban J connectivity index is 1.29. The summed E-state index contributed by atoms with van der Waals surface area (Å²) >= 11 is 1.45. The number of aromatic carboxylic acids is 1. The van der Waals surface area contributed by atoms with Gasteiger partial charge in [-0.3, -0.25) is 9.78 Å². The number of carboxylic acids is 1. The van der Waals surface area contributed by atoms with E-state index in [-0.39, 0.29) is 30.3 Å². The highest BCUT2D eigenvalue weighted by Gasteiger charge is 2.32. The van der Waals surface area contributed by atoms with Crippen LogP contribution in [0.2, 0.25) is 0 Å². The number of amides is 1. The normalized spacial score (nSPS) is 18.5. The number of hydrogen-bond donors (Lipinski definition) is 3. The molecule has 1 saturated heterocycles. The van der Waals surface area contributed by atoms with Crippen molar-refractivity contribution in [2.75, 3.05) is 5.75 Å². The van der Waals surface area contributed by atoms with Gasteiger partial charge in [-0.05, 0) is 41.0 Å². The summed E-state index contributed by atoms with van der Waals surface area (Å²) in [5.74, 6) is -0.605. The maximum absolute atomic E-state index is 12.4. The molecule has 3 N–H and O–H groups in total. The van der Waals surface area contributed by atoms with Gasteiger partial charge < -0.3 is 25.0 Å². The van der Waals surface area contributed by atoms with Gasteiger partial charge in [-0.25, -0.2) is 4.79 Å². The van der Waals surface area contributed by atoms with Crippen LogP contribution in [0.1, 0.15) is 61.8 Å². The zero-order chi connectivity index (χ0) is 28.6. The lowest BCUT2D eigenvalue weighted by Crippen LogP contribution is -2.31. The third-order valence-corrected chi connectivity index (χ3v) is 7.99. The first-order valence-electron chi connectivity index (χ1n) is 13.2. The SMILES string of the molecule is O=C(NCc1ccc(C2OC(CSc3ccccc3C(=O)O)CC(c3ccc(CO)cc3)O2)cc1)c1cccnc1. The van der Waals surface area contributed by atoms with Crippen LogP contribution in [0.4, 0.5) is 0 Å². The molecule has 41 heavy (non-hydrogen) atoms. The highest BCUT2D eigenvalue weighted by Crippen LogP contribution is 2.39. The predicted molar refractivity (Wildman–Crippen MR) is 154 cm³/mol. The summed E-state index contributed by atoms with van der Waals surface area (Å²) in [7, 11) is 0. The van der Waals surface area contributed by atoms with Crippen LogP contribution < -0.4 is 5.32 Å². The summed E-state index contributed by atoms with van der Waals surface area (Å²) in [4.78, 5) is 28.7. The molecule has 1 aliphatic rings. The average molecular weight is 571 g/mol. The average Bonchev–Trinajstić information content (AvgIpc) is 3.03. The molecule has 0 spiro atoms. The van der Waals surface area contributed by atoms with E-state index in [1.807, 2.05) is 60.7 Å². The first-order chi connectivity index (χ1) is 20.0. The van der Waals surface area contributed by atoms with E-state index in [2.05, 4.69) is 10.3 Å². The van der Waals surface area contributed by atoms with E-state index in [1.165, 1.54) is 18.0 Å². The lowest BCUT2D eigenvalue weighted by Gasteiger charge is -2.36. The van der Waals surface area contributed by atoms with Crippen molar-refractivity contribution in [2.45, 2.75) is 43.0 Å². The first-order valence-corrected chi connectivity index (χ1v) is 14.2. The molecule has 3 atom stereocenters. The van der Waals surface area contributed by atoms with Crippen molar-refractivity contribution in [2.24, 2.45) is 0 Å². The Hall–Kier alpha value is -4.02. The Labute approximate surface area is 242 Å². The van der Waals surface area contributed by atoms with Crippen LogP contribution in [0.5, 0.6) is 0 Å². The van der Waals surface area contributed by atoms with E-state index in [4.69, 9.17) is 9.47 Å². The van der Waals surface area contributed by atoms with Crippen LogP contribution in [-0.4, -0.2) is 38.9 Å². The molecule has 1 amide bonds. The Kier molecular flexibility index (Phi) is 9.43. The van der Waals surface area contributed by atoms with Gasteiger partial charge in [0.25, 0.3) is 5.91 Å². The van der Waals surface area contributed by atoms with Crippen LogP contribution in [0.15, 0.2) is 102 Å². The van der Waals surface area contributed by atoms with Crippen LogP contribution in [0, 0.1) is 0 Å². The summed E-state index contributed by atoms with van der Waals surface area (Å²) < 4.78 is 12.8. The molecule has 9 heteroatoms. The lowest BCUT2D eigenvalue weighted by atomic mass is 10.0. The minimum absolute atomic E-state index is 0.0329. The Morgan fingerprint density at radius 2 is 1.63 bits per heavy atom. The number of rotatable bonds is 10. The maximum Gasteiger partial charge on any atom is 0.336 e. The molecule has 1 aromatic heterocycles. The number of aromatic nitrogens is 1. The van der Waals surface area contributed by atoms with Crippen LogP contribution in [-0.2, 0) is 22.6 Å². The van der Waals surface area contributed by atoms with E-state index in [9.17, 15) is 19.8 Å². The first kappa shape index (κ1) is 28.5. The summed E-state index contributed by atoms with van der Waals surface area (Å²) in [5.41, 5.74) is 4.33. The number of pyridine rings is 1. The Morgan fingerprint density at radius 1 is 0.902 bits per heavy atom.